The molecule has 0 bridgehead atoms. The van der Waals surface area contributed by atoms with Crippen LogP contribution in [-0.2, 0) is 0 Å². The molecule has 2 aromatic rings. The number of rotatable bonds is 2. The number of benzene rings is 1. The molecule has 0 unspecified atom stereocenters. The lowest BCUT2D eigenvalue weighted by Gasteiger charge is -2.01. The van der Waals surface area contributed by atoms with Crippen molar-refractivity contribution >= 4 is 11.6 Å². The first kappa shape index (κ1) is 16.4. The zero-order valence-corrected chi connectivity index (χ0v) is 12.3. The molecule has 5 heteroatoms. The Morgan fingerprint density at radius 3 is 2.24 bits per heavy atom. The molecule has 0 radical (unpaired) electrons. The third-order valence-corrected chi connectivity index (χ3v) is 2.78. The number of aromatic nitrogens is 1. The molecule has 1 aromatic carbocycles. The van der Waals surface area contributed by atoms with E-state index in [9.17, 15) is 9.90 Å². The summed E-state index contributed by atoms with van der Waals surface area (Å²) >= 11 is 0. The normalized spacial score (nSPS) is 9.48. The molecule has 5 nitrogen and oxygen atoms in total. The van der Waals surface area contributed by atoms with Crippen LogP contribution in [0.5, 0.6) is 5.75 Å². The van der Waals surface area contributed by atoms with Crippen molar-refractivity contribution in [2.75, 3.05) is 0 Å². The number of aryl methyl sites for hydroxylation is 2. The van der Waals surface area contributed by atoms with Crippen molar-refractivity contribution in [1.82, 2.24) is 4.98 Å². The quantitative estimate of drug-likeness (QED) is 0.739. The monoisotopic (exact) mass is 285 g/mol. The van der Waals surface area contributed by atoms with Gasteiger partial charge in [0.1, 0.15) is 5.75 Å². The van der Waals surface area contributed by atoms with E-state index in [-0.39, 0.29) is 11.3 Å². The number of hydrogen-bond donors (Lipinski definition) is 3. The van der Waals surface area contributed by atoms with Crippen LogP contribution in [0.2, 0.25) is 0 Å². The van der Waals surface area contributed by atoms with Crippen molar-refractivity contribution in [2.45, 2.75) is 20.8 Å². The number of para-hydroxylation sites is 1. The van der Waals surface area contributed by atoms with Crippen LogP contribution in [0.4, 0.5) is 0 Å². The number of carbonyl (C=O) groups excluding carboxylic acids is 1. The summed E-state index contributed by atoms with van der Waals surface area (Å²) in [5, 5.41) is 16.5. The van der Waals surface area contributed by atoms with Gasteiger partial charge in [0.15, 0.2) is 0 Å². The largest absolute Gasteiger partial charge is 0.507 e. The third-order valence-electron chi connectivity index (χ3n) is 2.78. The maximum atomic E-state index is 10.6. The second-order valence-corrected chi connectivity index (χ2v) is 4.62. The number of primary amides is 1. The van der Waals surface area contributed by atoms with Crippen LogP contribution in [0.25, 0.3) is 0 Å². The molecule has 4 N–H and O–H groups in total. The average Bonchev–Trinajstić information content (AvgIpc) is 2.42. The lowest BCUT2D eigenvalue weighted by Crippen LogP contribution is -2.11. The number of pyridine rings is 1. The van der Waals surface area contributed by atoms with Crippen LogP contribution >= 0.6 is 0 Å². The van der Waals surface area contributed by atoms with Crippen LogP contribution in [-0.4, -0.2) is 21.7 Å². The first-order valence-electron chi connectivity index (χ1n) is 6.40. The van der Waals surface area contributed by atoms with Crippen LogP contribution in [0.1, 0.15) is 34.2 Å². The number of phenols is 1. The lowest BCUT2D eigenvalue weighted by atomic mass is 10.1. The fraction of sp³-hybridized carbons (Fsp3) is 0.188. The van der Waals surface area contributed by atoms with Gasteiger partial charge in [0, 0.05) is 5.69 Å². The van der Waals surface area contributed by atoms with Crippen LogP contribution in [0, 0.1) is 19.3 Å². The number of nitrogens with one attached hydrogen (secondary N) is 1. The Balaban J connectivity index is 0.000000211. The van der Waals surface area contributed by atoms with Gasteiger partial charge in [-0.05, 0) is 44.5 Å². The summed E-state index contributed by atoms with van der Waals surface area (Å²) in [5.74, 6) is -0.633. The van der Waals surface area contributed by atoms with Crippen molar-refractivity contribution in [3.63, 3.8) is 0 Å². The molecule has 110 valence electrons. The van der Waals surface area contributed by atoms with E-state index in [1.807, 2.05) is 25.1 Å². The van der Waals surface area contributed by atoms with Gasteiger partial charge in [-0.2, -0.15) is 0 Å². The van der Waals surface area contributed by atoms with E-state index in [1.54, 1.807) is 26.0 Å². The second kappa shape index (κ2) is 7.19. The molecule has 0 aliphatic carbocycles. The summed E-state index contributed by atoms with van der Waals surface area (Å²) in [6.07, 6.45) is 0. The Labute approximate surface area is 124 Å². The third kappa shape index (κ3) is 4.72. The maximum Gasteiger partial charge on any atom is 0.252 e. The Hall–Kier alpha value is -2.69. The van der Waals surface area contributed by atoms with Gasteiger partial charge in [0.25, 0.3) is 5.91 Å². The van der Waals surface area contributed by atoms with Crippen LogP contribution in [0.15, 0.2) is 36.4 Å². The summed E-state index contributed by atoms with van der Waals surface area (Å²) < 4.78 is 0. The van der Waals surface area contributed by atoms with E-state index in [0.29, 0.717) is 11.3 Å². The van der Waals surface area contributed by atoms with Gasteiger partial charge < -0.3 is 16.2 Å². The Morgan fingerprint density at radius 2 is 1.81 bits per heavy atom. The molecule has 0 fully saturated rings. The zero-order valence-electron chi connectivity index (χ0n) is 12.3. The van der Waals surface area contributed by atoms with Gasteiger partial charge in [-0.3, -0.25) is 9.78 Å². The number of nitrogens with zero attached hydrogens (tertiary/aromatic N) is 1. The molecule has 1 amide bonds. The lowest BCUT2D eigenvalue weighted by molar-refractivity contribution is 0.0997. The number of amides is 1. The van der Waals surface area contributed by atoms with Gasteiger partial charge in [-0.25, -0.2) is 0 Å². The fourth-order valence-electron chi connectivity index (χ4n) is 1.61. The van der Waals surface area contributed by atoms with E-state index in [4.69, 9.17) is 11.1 Å². The smallest absolute Gasteiger partial charge is 0.252 e. The van der Waals surface area contributed by atoms with E-state index < -0.39 is 5.91 Å². The predicted octanol–water partition coefficient (Wildman–Crippen LogP) is 2.58. The topological polar surface area (TPSA) is 100 Å². The minimum Gasteiger partial charge on any atom is -0.507 e. The highest BCUT2D eigenvalue weighted by atomic mass is 16.3. The van der Waals surface area contributed by atoms with E-state index in [2.05, 4.69) is 4.98 Å². The standard InChI is InChI=1S/C8H10N2.C8H9NO2/c1-6-4-3-5-8(10-6)7(2)9;1-5-3-2-4-6(7(5)10)8(9)11/h3-5,9H,1-2H3;2-4,10H,1H3,(H2,9,11). The molecular weight excluding hydrogens is 266 g/mol. The first-order chi connectivity index (χ1) is 9.82. The van der Waals surface area contributed by atoms with Crippen molar-refractivity contribution in [1.29, 1.82) is 5.41 Å². The molecule has 21 heavy (non-hydrogen) atoms. The van der Waals surface area contributed by atoms with E-state index in [1.165, 1.54) is 6.07 Å². The molecular formula is C16H19N3O2. The molecule has 0 atom stereocenters. The zero-order chi connectivity index (χ0) is 16.0. The summed E-state index contributed by atoms with van der Waals surface area (Å²) in [6.45, 7) is 5.37. The molecule has 2 rings (SSSR count). The molecule has 0 saturated carbocycles. The van der Waals surface area contributed by atoms with Crippen molar-refractivity contribution in [3.05, 3.63) is 58.9 Å². The molecule has 0 aliphatic rings. The van der Waals surface area contributed by atoms with Gasteiger partial charge in [0.05, 0.1) is 17.0 Å². The highest BCUT2D eigenvalue weighted by Crippen LogP contribution is 2.20. The van der Waals surface area contributed by atoms with Crippen LogP contribution in [0.3, 0.4) is 0 Å². The number of nitrogens with two attached hydrogens (primary N) is 1. The van der Waals surface area contributed by atoms with Crippen LogP contribution < -0.4 is 5.73 Å². The van der Waals surface area contributed by atoms with Gasteiger partial charge in [0.2, 0.25) is 0 Å². The molecule has 0 aliphatic heterocycles. The molecule has 0 saturated heterocycles. The molecule has 1 aromatic heterocycles. The summed E-state index contributed by atoms with van der Waals surface area (Å²) in [6, 6.07) is 10.6. The summed E-state index contributed by atoms with van der Waals surface area (Å²) in [7, 11) is 0. The number of aromatic hydroxyl groups is 1. The maximum absolute atomic E-state index is 10.6. The van der Waals surface area contributed by atoms with Gasteiger partial charge >= 0.3 is 0 Å². The number of carbonyl (C=O) groups is 1. The highest BCUT2D eigenvalue weighted by Gasteiger charge is 2.07. The SMILES string of the molecule is CC(=N)c1cccc(C)n1.Cc1cccc(C(N)=O)c1O. The Bertz CT molecular complexity index is 666. The molecule has 0 spiro atoms. The van der Waals surface area contributed by atoms with E-state index in [0.717, 1.165) is 11.4 Å². The average molecular weight is 285 g/mol. The minimum absolute atomic E-state index is 0.0278. The Morgan fingerprint density at radius 1 is 1.19 bits per heavy atom. The Kier molecular flexibility index (Phi) is 5.60. The first-order valence-corrected chi connectivity index (χ1v) is 6.40. The van der Waals surface area contributed by atoms with Crippen molar-refractivity contribution in [2.24, 2.45) is 5.73 Å². The predicted molar refractivity (Wildman–Crippen MR) is 82.8 cm³/mol. The minimum atomic E-state index is -0.605. The van der Waals surface area contributed by atoms with Gasteiger partial charge in [-0.1, -0.05) is 18.2 Å². The highest BCUT2D eigenvalue weighted by molar-refractivity contribution is 5.95. The second-order valence-electron chi connectivity index (χ2n) is 4.62. The molecule has 1 heterocycles. The summed E-state index contributed by atoms with van der Waals surface area (Å²) in [5.41, 5.74) is 8.05. The summed E-state index contributed by atoms with van der Waals surface area (Å²) in [4.78, 5) is 14.8. The van der Waals surface area contributed by atoms with Gasteiger partial charge in [-0.15, -0.1) is 0 Å². The fourth-order valence-corrected chi connectivity index (χ4v) is 1.61. The van der Waals surface area contributed by atoms with E-state index >= 15 is 0 Å². The van der Waals surface area contributed by atoms with Crippen molar-refractivity contribution < 1.29 is 9.90 Å². The number of hydrogen-bond acceptors (Lipinski definition) is 4. The van der Waals surface area contributed by atoms with Crippen molar-refractivity contribution in [3.8, 4) is 5.75 Å².